The highest BCUT2D eigenvalue weighted by molar-refractivity contribution is 6.22. The van der Waals surface area contributed by atoms with Crippen molar-refractivity contribution in [1.29, 1.82) is 0 Å². The van der Waals surface area contributed by atoms with Gasteiger partial charge in [0.15, 0.2) is 11.6 Å². The van der Waals surface area contributed by atoms with E-state index in [-0.39, 0.29) is 29.6 Å². The van der Waals surface area contributed by atoms with Gasteiger partial charge < -0.3 is 10.4 Å². The molecule has 4 nitrogen and oxygen atoms in total. The summed E-state index contributed by atoms with van der Waals surface area (Å²) in [6.45, 7) is 0. The van der Waals surface area contributed by atoms with Crippen molar-refractivity contribution in [3.8, 4) is 0 Å². The second-order valence-corrected chi connectivity index (χ2v) is 6.59. The number of allylic oxidation sites excluding steroid dienone is 1. The summed E-state index contributed by atoms with van der Waals surface area (Å²) in [5.41, 5.74) is 1.37. The van der Waals surface area contributed by atoms with Gasteiger partial charge in [0, 0.05) is 25.1 Å². The molecule has 1 aromatic rings. The molecule has 23 heavy (non-hydrogen) atoms. The summed E-state index contributed by atoms with van der Waals surface area (Å²) in [6.07, 6.45) is 5.51. The molecule has 0 atom stereocenters. The number of rotatable bonds is 3. The average Bonchev–Trinajstić information content (AvgIpc) is 2.56. The van der Waals surface area contributed by atoms with Crippen molar-refractivity contribution in [3.63, 3.8) is 0 Å². The largest absolute Gasteiger partial charge is 0.393 e. The first kappa shape index (κ1) is 15.9. The number of carbonyl (C=O) groups excluding carboxylic acids is 2. The Hall–Kier alpha value is -1.94. The molecule has 0 amide bonds. The quantitative estimate of drug-likeness (QED) is 0.664. The highest BCUT2D eigenvalue weighted by Crippen LogP contribution is 2.31. The minimum Gasteiger partial charge on any atom is -0.393 e. The smallest absolute Gasteiger partial charge is 0.168 e. The van der Waals surface area contributed by atoms with E-state index in [1.807, 2.05) is 30.3 Å². The molecule has 0 spiro atoms. The first-order valence-corrected chi connectivity index (χ1v) is 8.39. The van der Waals surface area contributed by atoms with Crippen LogP contribution < -0.4 is 5.32 Å². The molecule has 0 radical (unpaired) electrons. The fraction of sp³-hybridized carbons (Fsp3) is 0.474. The van der Waals surface area contributed by atoms with Crippen molar-refractivity contribution in [2.45, 2.75) is 56.6 Å². The molecular weight excluding hydrogens is 290 g/mol. The standard InChI is InChI=1S/C19H23NO3/c21-16-8-6-15(7-9-16)20-12-17-18(22)10-14(11-19(17)23)13-4-2-1-3-5-13/h1-5,12,14-16,20-21H,6-11H2. The molecule has 1 aromatic carbocycles. The fourth-order valence-electron chi connectivity index (χ4n) is 3.46. The Morgan fingerprint density at radius 3 is 2.17 bits per heavy atom. The molecule has 2 aliphatic carbocycles. The van der Waals surface area contributed by atoms with Crippen molar-refractivity contribution in [1.82, 2.24) is 5.32 Å². The number of benzene rings is 1. The monoisotopic (exact) mass is 313 g/mol. The molecule has 122 valence electrons. The van der Waals surface area contributed by atoms with E-state index >= 15 is 0 Å². The molecule has 0 unspecified atom stereocenters. The van der Waals surface area contributed by atoms with Gasteiger partial charge >= 0.3 is 0 Å². The third-order valence-electron chi connectivity index (χ3n) is 4.90. The van der Waals surface area contributed by atoms with E-state index in [1.165, 1.54) is 0 Å². The van der Waals surface area contributed by atoms with Gasteiger partial charge in [-0.05, 0) is 37.2 Å². The van der Waals surface area contributed by atoms with Crippen LogP contribution in [0, 0.1) is 0 Å². The average molecular weight is 313 g/mol. The Morgan fingerprint density at radius 1 is 0.957 bits per heavy atom. The molecule has 2 aliphatic rings. The molecule has 0 saturated heterocycles. The van der Waals surface area contributed by atoms with Gasteiger partial charge in [-0.2, -0.15) is 0 Å². The van der Waals surface area contributed by atoms with Crippen LogP contribution in [-0.2, 0) is 9.59 Å². The molecular formula is C19H23NO3. The number of Topliss-reactive ketones (excluding diaryl/α,β-unsaturated/α-hetero) is 2. The third-order valence-corrected chi connectivity index (χ3v) is 4.90. The van der Waals surface area contributed by atoms with E-state index in [4.69, 9.17) is 0 Å². The van der Waals surface area contributed by atoms with Crippen LogP contribution >= 0.6 is 0 Å². The van der Waals surface area contributed by atoms with Crippen molar-refractivity contribution in [3.05, 3.63) is 47.7 Å². The van der Waals surface area contributed by atoms with Gasteiger partial charge in [0.25, 0.3) is 0 Å². The highest BCUT2D eigenvalue weighted by atomic mass is 16.3. The van der Waals surface area contributed by atoms with E-state index in [0.717, 1.165) is 31.2 Å². The zero-order valence-corrected chi connectivity index (χ0v) is 13.2. The number of hydrogen-bond acceptors (Lipinski definition) is 4. The summed E-state index contributed by atoms with van der Waals surface area (Å²) in [5, 5.41) is 12.7. The number of carbonyl (C=O) groups is 2. The van der Waals surface area contributed by atoms with Gasteiger partial charge in [0.2, 0.25) is 0 Å². The first-order chi connectivity index (χ1) is 11.1. The van der Waals surface area contributed by atoms with E-state index in [1.54, 1.807) is 6.20 Å². The summed E-state index contributed by atoms with van der Waals surface area (Å²) < 4.78 is 0. The summed E-state index contributed by atoms with van der Waals surface area (Å²) in [4.78, 5) is 24.7. The summed E-state index contributed by atoms with van der Waals surface area (Å²) in [6, 6.07) is 10.0. The fourth-order valence-corrected chi connectivity index (χ4v) is 3.46. The topological polar surface area (TPSA) is 66.4 Å². The molecule has 0 aliphatic heterocycles. The Labute approximate surface area is 136 Å². The second-order valence-electron chi connectivity index (χ2n) is 6.59. The molecule has 2 saturated carbocycles. The molecule has 0 aromatic heterocycles. The lowest BCUT2D eigenvalue weighted by molar-refractivity contribution is -0.124. The van der Waals surface area contributed by atoms with Gasteiger partial charge in [0.05, 0.1) is 11.7 Å². The first-order valence-electron chi connectivity index (χ1n) is 8.39. The van der Waals surface area contributed by atoms with Crippen LogP contribution in [0.5, 0.6) is 0 Å². The Kier molecular flexibility index (Phi) is 4.91. The van der Waals surface area contributed by atoms with Gasteiger partial charge in [0.1, 0.15) is 0 Å². The minimum atomic E-state index is -0.203. The van der Waals surface area contributed by atoms with Gasteiger partial charge in [-0.15, -0.1) is 0 Å². The predicted molar refractivity (Wildman–Crippen MR) is 87.9 cm³/mol. The van der Waals surface area contributed by atoms with Gasteiger partial charge in [-0.3, -0.25) is 9.59 Å². The summed E-state index contributed by atoms with van der Waals surface area (Å²) in [7, 11) is 0. The number of nitrogens with one attached hydrogen (secondary N) is 1. The van der Waals surface area contributed by atoms with Crippen LogP contribution in [-0.4, -0.2) is 28.8 Å². The maximum Gasteiger partial charge on any atom is 0.168 e. The Bertz CT molecular complexity index is 580. The predicted octanol–water partition coefficient (Wildman–Crippen LogP) is 2.48. The normalized spacial score (nSPS) is 28.6. The molecule has 0 bridgehead atoms. The SMILES string of the molecule is O=C1CC(c2ccccc2)CC(=O)C1=CNC1CCC(O)CC1. The van der Waals surface area contributed by atoms with E-state index < -0.39 is 0 Å². The van der Waals surface area contributed by atoms with Gasteiger partial charge in [-0.1, -0.05) is 30.3 Å². The zero-order valence-electron chi connectivity index (χ0n) is 13.2. The lowest BCUT2D eigenvalue weighted by Crippen LogP contribution is -2.33. The Balaban J connectivity index is 1.63. The minimum absolute atomic E-state index is 0.00169. The lowest BCUT2D eigenvalue weighted by atomic mass is 9.80. The van der Waals surface area contributed by atoms with Crippen LogP contribution in [0.3, 0.4) is 0 Å². The van der Waals surface area contributed by atoms with Crippen LogP contribution in [0.15, 0.2) is 42.1 Å². The molecule has 2 N–H and O–H groups in total. The van der Waals surface area contributed by atoms with Crippen molar-refractivity contribution in [2.24, 2.45) is 0 Å². The maximum absolute atomic E-state index is 12.3. The number of ketones is 2. The molecule has 2 fully saturated rings. The maximum atomic E-state index is 12.3. The highest BCUT2D eigenvalue weighted by Gasteiger charge is 2.31. The third kappa shape index (κ3) is 3.88. The van der Waals surface area contributed by atoms with E-state index in [0.29, 0.717) is 18.4 Å². The molecule has 3 rings (SSSR count). The second kappa shape index (κ2) is 7.09. The molecule has 4 heteroatoms. The van der Waals surface area contributed by atoms with Crippen LogP contribution in [0.1, 0.15) is 50.0 Å². The van der Waals surface area contributed by atoms with Crippen LogP contribution in [0.25, 0.3) is 0 Å². The number of hydrogen-bond donors (Lipinski definition) is 2. The number of aliphatic hydroxyl groups is 1. The van der Waals surface area contributed by atoms with E-state index in [2.05, 4.69) is 5.32 Å². The van der Waals surface area contributed by atoms with E-state index in [9.17, 15) is 14.7 Å². The summed E-state index contributed by atoms with van der Waals surface area (Å²) in [5.74, 6) is -0.143. The summed E-state index contributed by atoms with van der Waals surface area (Å²) >= 11 is 0. The van der Waals surface area contributed by atoms with Gasteiger partial charge in [-0.25, -0.2) is 0 Å². The molecule has 0 heterocycles. The Morgan fingerprint density at radius 2 is 1.57 bits per heavy atom. The van der Waals surface area contributed by atoms with Crippen LogP contribution in [0.4, 0.5) is 0 Å². The van der Waals surface area contributed by atoms with Crippen molar-refractivity contribution in [2.75, 3.05) is 0 Å². The van der Waals surface area contributed by atoms with Crippen molar-refractivity contribution >= 4 is 11.6 Å². The number of aliphatic hydroxyl groups excluding tert-OH is 1. The van der Waals surface area contributed by atoms with Crippen molar-refractivity contribution < 1.29 is 14.7 Å². The lowest BCUT2D eigenvalue weighted by Gasteiger charge is -2.27. The van der Waals surface area contributed by atoms with Crippen LogP contribution in [0.2, 0.25) is 0 Å². The zero-order chi connectivity index (χ0) is 16.2.